The number of anilines is 1. The number of ether oxygens (including phenoxy) is 1. The predicted octanol–water partition coefficient (Wildman–Crippen LogP) is 3.58. The average Bonchev–Trinajstić information content (AvgIpc) is 3.21. The molecular weight excluding hydrogens is 352 g/mol. The molecule has 2 aliphatic rings. The van der Waals surface area contributed by atoms with Gasteiger partial charge in [-0.1, -0.05) is 43.2 Å². The molecule has 1 aliphatic heterocycles. The largest absolute Gasteiger partial charge is 0.484 e. The van der Waals surface area contributed by atoms with Gasteiger partial charge in [-0.05, 0) is 48.6 Å². The zero-order chi connectivity index (χ0) is 19.4. The van der Waals surface area contributed by atoms with Crippen LogP contribution in [0.2, 0.25) is 0 Å². The van der Waals surface area contributed by atoms with Gasteiger partial charge in [0.2, 0.25) is 5.91 Å². The number of aryl methyl sites for hydroxylation is 1. The van der Waals surface area contributed by atoms with E-state index in [2.05, 4.69) is 34.9 Å². The predicted molar refractivity (Wildman–Crippen MR) is 108 cm³/mol. The smallest absolute Gasteiger partial charge is 0.257 e. The van der Waals surface area contributed by atoms with Gasteiger partial charge in [-0.2, -0.15) is 0 Å². The highest BCUT2D eigenvalue weighted by atomic mass is 16.5. The van der Waals surface area contributed by atoms with Gasteiger partial charge in [0.05, 0.1) is 0 Å². The quantitative estimate of drug-likeness (QED) is 0.807. The lowest BCUT2D eigenvalue weighted by molar-refractivity contribution is -0.123. The van der Waals surface area contributed by atoms with Crippen LogP contribution in [-0.4, -0.2) is 25.0 Å². The number of benzene rings is 2. The van der Waals surface area contributed by atoms with E-state index in [9.17, 15) is 9.59 Å². The molecule has 2 aromatic carbocycles. The Kier molecular flexibility index (Phi) is 5.33. The fraction of sp³-hybridized carbons (Fsp3) is 0.391. The highest BCUT2D eigenvalue weighted by Gasteiger charge is 2.35. The SMILES string of the molecule is O=C(COc1ccc2c(c1)CCC(=O)N2)NCC1(c2ccccc2)CCCC1. The molecule has 2 N–H and O–H groups in total. The number of carbonyl (C=O) groups is 2. The van der Waals surface area contributed by atoms with Gasteiger partial charge >= 0.3 is 0 Å². The van der Waals surface area contributed by atoms with E-state index in [-0.39, 0.29) is 23.8 Å². The maximum Gasteiger partial charge on any atom is 0.257 e. The average molecular weight is 378 g/mol. The molecule has 1 fully saturated rings. The number of amides is 2. The molecule has 0 radical (unpaired) electrons. The Bertz CT molecular complexity index is 857. The lowest BCUT2D eigenvalue weighted by atomic mass is 9.79. The first-order valence-electron chi connectivity index (χ1n) is 10.0. The third kappa shape index (κ3) is 4.03. The Hall–Kier alpha value is -2.82. The van der Waals surface area contributed by atoms with Crippen molar-refractivity contribution in [1.82, 2.24) is 5.32 Å². The van der Waals surface area contributed by atoms with Gasteiger partial charge in [-0.3, -0.25) is 9.59 Å². The summed E-state index contributed by atoms with van der Waals surface area (Å²) in [6.45, 7) is 0.644. The lowest BCUT2D eigenvalue weighted by Gasteiger charge is -2.30. The summed E-state index contributed by atoms with van der Waals surface area (Å²) < 4.78 is 5.69. The summed E-state index contributed by atoms with van der Waals surface area (Å²) in [5.41, 5.74) is 3.23. The van der Waals surface area contributed by atoms with Crippen molar-refractivity contribution in [2.75, 3.05) is 18.5 Å². The summed E-state index contributed by atoms with van der Waals surface area (Å²) in [6.07, 6.45) is 5.80. The summed E-state index contributed by atoms with van der Waals surface area (Å²) >= 11 is 0. The zero-order valence-corrected chi connectivity index (χ0v) is 16.0. The van der Waals surface area contributed by atoms with Crippen LogP contribution >= 0.6 is 0 Å². The summed E-state index contributed by atoms with van der Waals surface area (Å²) in [4.78, 5) is 23.8. The monoisotopic (exact) mass is 378 g/mol. The van der Waals surface area contributed by atoms with E-state index in [1.54, 1.807) is 6.07 Å². The number of fused-ring (bicyclic) bond motifs is 1. The molecule has 1 aliphatic carbocycles. The molecule has 4 rings (SSSR count). The third-order valence-electron chi connectivity index (χ3n) is 5.91. The molecular formula is C23H26N2O3. The topological polar surface area (TPSA) is 67.4 Å². The molecule has 28 heavy (non-hydrogen) atoms. The number of nitrogens with one attached hydrogen (secondary N) is 2. The standard InChI is InChI=1S/C23H26N2O3/c26-21-11-8-17-14-19(9-10-20(17)25-21)28-15-22(27)24-16-23(12-4-5-13-23)18-6-2-1-3-7-18/h1-3,6-7,9-10,14H,4-5,8,11-13,15-16H2,(H,24,27)(H,25,26). The van der Waals surface area contributed by atoms with E-state index in [0.717, 1.165) is 24.1 Å². The first-order chi connectivity index (χ1) is 13.6. The number of hydrogen-bond donors (Lipinski definition) is 2. The highest BCUT2D eigenvalue weighted by molar-refractivity contribution is 5.94. The van der Waals surface area contributed by atoms with Gasteiger partial charge in [0, 0.05) is 24.1 Å². The second kappa shape index (κ2) is 8.05. The lowest BCUT2D eigenvalue weighted by Crippen LogP contribution is -2.40. The maximum atomic E-state index is 12.4. The first-order valence-corrected chi connectivity index (χ1v) is 10.0. The minimum Gasteiger partial charge on any atom is -0.484 e. The molecule has 0 unspecified atom stereocenters. The molecule has 2 amide bonds. The van der Waals surface area contributed by atoms with Crippen molar-refractivity contribution in [2.45, 2.75) is 43.9 Å². The Labute approximate surface area is 165 Å². The molecule has 1 saturated carbocycles. The fourth-order valence-electron chi connectivity index (χ4n) is 4.33. The molecule has 0 aromatic heterocycles. The normalized spacial score (nSPS) is 17.5. The first kappa shape index (κ1) is 18.5. The van der Waals surface area contributed by atoms with Crippen LogP contribution in [0.4, 0.5) is 5.69 Å². The van der Waals surface area contributed by atoms with E-state index in [0.29, 0.717) is 25.1 Å². The van der Waals surface area contributed by atoms with Crippen LogP contribution in [0, 0.1) is 0 Å². The molecule has 2 aromatic rings. The van der Waals surface area contributed by atoms with Crippen molar-refractivity contribution in [3.63, 3.8) is 0 Å². The van der Waals surface area contributed by atoms with E-state index in [4.69, 9.17) is 4.74 Å². The Morgan fingerprint density at radius 2 is 1.86 bits per heavy atom. The van der Waals surface area contributed by atoms with Crippen molar-refractivity contribution in [1.29, 1.82) is 0 Å². The summed E-state index contributed by atoms with van der Waals surface area (Å²) in [5.74, 6) is 0.594. The van der Waals surface area contributed by atoms with Gasteiger partial charge in [0.25, 0.3) is 5.91 Å². The van der Waals surface area contributed by atoms with Gasteiger partial charge in [-0.15, -0.1) is 0 Å². The van der Waals surface area contributed by atoms with Crippen LogP contribution in [0.3, 0.4) is 0 Å². The van der Waals surface area contributed by atoms with Crippen molar-refractivity contribution >= 4 is 17.5 Å². The van der Waals surface area contributed by atoms with E-state index < -0.39 is 0 Å². The van der Waals surface area contributed by atoms with E-state index in [1.807, 2.05) is 18.2 Å². The summed E-state index contributed by atoms with van der Waals surface area (Å²) in [7, 11) is 0. The van der Waals surface area contributed by atoms with Gasteiger partial charge in [0.1, 0.15) is 5.75 Å². The van der Waals surface area contributed by atoms with Crippen LogP contribution in [0.15, 0.2) is 48.5 Å². The summed E-state index contributed by atoms with van der Waals surface area (Å²) in [6, 6.07) is 16.0. The van der Waals surface area contributed by atoms with Crippen molar-refractivity contribution in [3.05, 3.63) is 59.7 Å². The van der Waals surface area contributed by atoms with Crippen LogP contribution in [0.1, 0.15) is 43.2 Å². The Morgan fingerprint density at radius 1 is 1.07 bits per heavy atom. The minimum absolute atomic E-state index is 0.00395. The molecule has 146 valence electrons. The van der Waals surface area contributed by atoms with Crippen molar-refractivity contribution in [2.24, 2.45) is 0 Å². The fourth-order valence-corrected chi connectivity index (χ4v) is 4.33. The van der Waals surface area contributed by atoms with Crippen LogP contribution in [0.25, 0.3) is 0 Å². The molecule has 5 heteroatoms. The number of hydrogen-bond acceptors (Lipinski definition) is 3. The molecule has 1 heterocycles. The highest BCUT2D eigenvalue weighted by Crippen LogP contribution is 2.40. The van der Waals surface area contributed by atoms with E-state index in [1.165, 1.54) is 18.4 Å². The van der Waals surface area contributed by atoms with Crippen LogP contribution in [-0.2, 0) is 21.4 Å². The number of rotatable bonds is 6. The molecule has 0 bridgehead atoms. The minimum atomic E-state index is -0.103. The van der Waals surface area contributed by atoms with Crippen LogP contribution < -0.4 is 15.4 Å². The van der Waals surface area contributed by atoms with E-state index >= 15 is 0 Å². The van der Waals surface area contributed by atoms with Crippen LogP contribution in [0.5, 0.6) is 5.75 Å². The second-order valence-corrected chi connectivity index (χ2v) is 7.79. The third-order valence-corrected chi connectivity index (χ3v) is 5.91. The number of carbonyl (C=O) groups excluding carboxylic acids is 2. The van der Waals surface area contributed by atoms with Crippen molar-refractivity contribution in [3.8, 4) is 5.75 Å². The summed E-state index contributed by atoms with van der Waals surface area (Å²) in [5, 5.41) is 5.93. The molecule has 0 atom stereocenters. The Balaban J connectivity index is 1.33. The van der Waals surface area contributed by atoms with Crippen molar-refractivity contribution < 1.29 is 14.3 Å². The Morgan fingerprint density at radius 3 is 2.64 bits per heavy atom. The second-order valence-electron chi connectivity index (χ2n) is 7.79. The zero-order valence-electron chi connectivity index (χ0n) is 16.0. The molecule has 5 nitrogen and oxygen atoms in total. The molecule has 0 spiro atoms. The van der Waals surface area contributed by atoms with Gasteiger partial charge < -0.3 is 15.4 Å². The van der Waals surface area contributed by atoms with Gasteiger partial charge in [-0.25, -0.2) is 0 Å². The maximum absolute atomic E-state index is 12.4. The molecule has 0 saturated heterocycles. The van der Waals surface area contributed by atoms with Gasteiger partial charge in [0.15, 0.2) is 6.61 Å².